The first-order chi connectivity index (χ1) is 10.8. The number of carbonyl (C=O) groups is 3. The Kier molecular flexibility index (Phi) is 3.00. The third-order valence-corrected chi connectivity index (χ3v) is 4.01. The Morgan fingerprint density at radius 2 is 1.52 bits per heavy atom. The fourth-order valence-electron chi connectivity index (χ4n) is 2.95. The van der Waals surface area contributed by atoms with Crippen LogP contribution in [0.1, 0.15) is 54.7 Å². The van der Waals surface area contributed by atoms with E-state index in [1.165, 1.54) is 32.0 Å². The van der Waals surface area contributed by atoms with Crippen LogP contribution in [0.25, 0.3) is 0 Å². The van der Waals surface area contributed by atoms with Crippen LogP contribution in [0.5, 0.6) is 17.2 Å². The average molecular weight is 312 g/mol. The van der Waals surface area contributed by atoms with Gasteiger partial charge in [-0.05, 0) is 19.9 Å². The van der Waals surface area contributed by atoms with Crippen molar-refractivity contribution in [1.29, 1.82) is 0 Å². The second-order valence-corrected chi connectivity index (χ2v) is 5.36. The molecule has 0 radical (unpaired) electrons. The van der Waals surface area contributed by atoms with Crippen molar-refractivity contribution >= 4 is 17.3 Å². The van der Waals surface area contributed by atoms with E-state index in [9.17, 15) is 29.7 Å². The van der Waals surface area contributed by atoms with Gasteiger partial charge in [0, 0.05) is 11.1 Å². The van der Waals surface area contributed by atoms with Crippen molar-refractivity contribution in [3.63, 3.8) is 0 Å². The third kappa shape index (κ3) is 1.78. The number of Topliss-reactive ketones (excluding diaryl/α,β-unsaturated/α-hetero) is 1. The number of hydrogen-bond donors (Lipinski definition) is 3. The summed E-state index contributed by atoms with van der Waals surface area (Å²) in [5.41, 5.74) is -1.32. The largest absolute Gasteiger partial charge is 0.507 e. The first-order valence-electron chi connectivity index (χ1n) is 6.78. The van der Waals surface area contributed by atoms with E-state index in [1.54, 1.807) is 0 Å². The van der Waals surface area contributed by atoms with Gasteiger partial charge in [-0.2, -0.15) is 0 Å². The molecule has 3 rings (SSSR count). The van der Waals surface area contributed by atoms with Gasteiger partial charge in [0.15, 0.2) is 11.6 Å². The van der Waals surface area contributed by atoms with Gasteiger partial charge in [0.1, 0.15) is 17.2 Å². The summed E-state index contributed by atoms with van der Waals surface area (Å²) >= 11 is 0. The van der Waals surface area contributed by atoms with Crippen molar-refractivity contribution < 1.29 is 29.7 Å². The Morgan fingerprint density at radius 3 is 2.13 bits per heavy atom. The lowest BCUT2D eigenvalue weighted by molar-refractivity contribution is 0.0968. The van der Waals surface area contributed by atoms with E-state index in [4.69, 9.17) is 0 Å². The van der Waals surface area contributed by atoms with E-state index in [-0.39, 0.29) is 27.8 Å². The molecule has 6 nitrogen and oxygen atoms in total. The van der Waals surface area contributed by atoms with Gasteiger partial charge in [-0.25, -0.2) is 0 Å². The molecule has 1 aliphatic carbocycles. The van der Waals surface area contributed by atoms with Gasteiger partial charge in [-0.15, -0.1) is 0 Å². The van der Waals surface area contributed by atoms with Crippen molar-refractivity contribution in [3.05, 3.63) is 51.6 Å². The molecule has 0 heterocycles. The summed E-state index contributed by atoms with van der Waals surface area (Å²) in [5, 5.41) is 30.5. The quantitative estimate of drug-likeness (QED) is 0.468. The highest BCUT2D eigenvalue weighted by molar-refractivity contribution is 6.32. The molecule has 0 saturated heterocycles. The molecule has 116 valence electrons. The molecule has 2 aromatic carbocycles. The number of ketones is 3. The Labute approximate surface area is 130 Å². The second-order valence-electron chi connectivity index (χ2n) is 5.36. The van der Waals surface area contributed by atoms with Crippen LogP contribution < -0.4 is 0 Å². The molecule has 0 amide bonds. The van der Waals surface area contributed by atoms with E-state index in [1.807, 2.05) is 0 Å². The van der Waals surface area contributed by atoms with Crippen LogP contribution in [0.4, 0.5) is 0 Å². The highest BCUT2D eigenvalue weighted by Gasteiger charge is 2.38. The van der Waals surface area contributed by atoms with E-state index in [2.05, 4.69) is 0 Å². The average Bonchev–Trinajstić information content (AvgIpc) is 2.48. The van der Waals surface area contributed by atoms with E-state index < -0.39 is 40.2 Å². The predicted octanol–water partition coefficient (Wildman–Crippen LogP) is 2.09. The molecule has 0 spiro atoms. The fourth-order valence-corrected chi connectivity index (χ4v) is 2.95. The Bertz CT molecular complexity index is 923. The molecule has 0 fully saturated rings. The Balaban J connectivity index is 2.48. The minimum absolute atomic E-state index is 0.0264. The number of aromatic hydroxyl groups is 3. The minimum atomic E-state index is -0.817. The predicted molar refractivity (Wildman–Crippen MR) is 79.5 cm³/mol. The normalized spacial score (nSPS) is 12.8. The smallest absolute Gasteiger partial charge is 0.202 e. The number of phenols is 3. The van der Waals surface area contributed by atoms with E-state index in [0.717, 1.165) is 0 Å². The molecule has 0 bridgehead atoms. The first-order valence-corrected chi connectivity index (χ1v) is 6.78. The van der Waals surface area contributed by atoms with Crippen LogP contribution in [-0.2, 0) is 0 Å². The Hall–Kier alpha value is -3.15. The van der Waals surface area contributed by atoms with Crippen LogP contribution in [0.2, 0.25) is 0 Å². The van der Waals surface area contributed by atoms with Crippen molar-refractivity contribution in [2.24, 2.45) is 0 Å². The zero-order valence-corrected chi connectivity index (χ0v) is 12.3. The number of rotatable bonds is 1. The number of benzene rings is 2. The van der Waals surface area contributed by atoms with Crippen molar-refractivity contribution in [1.82, 2.24) is 0 Å². The Morgan fingerprint density at radius 1 is 0.913 bits per heavy atom. The topological polar surface area (TPSA) is 112 Å². The summed E-state index contributed by atoms with van der Waals surface area (Å²) in [5.74, 6) is -3.65. The fraction of sp³-hybridized carbons (Fsp3) is 0.118. The van der Waals surface area contributed by atoms with Crippen molar-refractivity contribution in [3.8, 4) is 17.2 Å². The lowest BCUT2D eigenvalue weighted by Gasteiger charge is -2.22. The summed E-state index contributed by atoms with van der Waals surface area (Å²) in [4.78, 5) is 36.9. The standard InChI is InChI=1S/C17H12O6/c1-6-10(7(2)18)16(22)13-12(14(6)20)15(21)8-4-3-5-9(19)11(8)17(13)23/h3-5,19-20,22H,1-2H3. The maximum Gasteiger partial charge on any atom is 0.202 e. The van der Waals surface area contributed by atoms with Crippen LogP contribution in [0.3, 0.4) is 0 Å². The molecule has 0 saturated carbocycles. The van der Waals surface area contributed by atoms with Crippen LogP contribution >= 0.6 is 0 Å². The zero-order valence-electron chi connectivity index (χ0n) is 12.3. The number of phenolic OH excluding ortho intramolecular Hbond substituents is 3. The van der Waals surface area contributed by atoms with Gasteiger partial charge in [-0.3, -0.25) is 14.4 Å². The summed E-state index contributed by atoms with van der Waals surface area (Å²) < 4.78 is 0. The summed E-state index contributed by atoms with van der Waals surface area (Å²) in [6.07, 6.45) is 0. The van der Waals surface area contributed by atoms with Crippen LogP contribution in [0, 0.1) is 6.92 Å². The van der Waals surface area contributed by atoms with Gasteiger partial charge in [0.25, 0.3) is 0 Å². The number of hydrogen-bond acceptors (Lipinski definition) is 6. The molecule has 0 aliphatic heterocycles. The molecule has 1 aliphatic rings. The zero-order chi connectivity index (χ0) is 17.0. The van der Waals surface area contributed by atoms with Gasteiger partial charge >= 0.3 is 0 Å². The van der Waals surface area contributed by atoms with Gasteiger partial charge in [0.2, 0.25) is 5.78 Å². The highest BCUT2D eigenvalue weighted by atomic mass is 16.3. The van der Waals surface area contributed by atoms with Crippen molar-refractivity contribution in [2.45, 2.75) is 13.8 Å². The van der Waals surface area contributed by atoms with E-state index in [0.29, 0.717) is 0 Å². The molecule has 23 heavy (non-hydrogen) atoms. The summed E-state index contributed by atoms with van der Waals surface area (Å²) in [6.45, 7) is 2.55. The third-order valence-electron chi connectivity index (χ3n) is 4.01. The van der Waals surface area contributed by atoms with E-state index >= 15 is 0 Å². The molecule has 0 aromatic heterocycles. The van der Waals surface area contributed by atoms with Crippen molar-refractivity contribution in [2.75, 3.05) is 0 Å². The molecule has 2 aromatic rings. The monoisotopic (exact) mass is 312 g/mol. The number of fused-ring (bicyclic) bond motifs is 2. The summed E-state index contributed by atoms with van der Waals surface area (Å²) in [7, 11) is 0. The molecule has 6 heteroatoms. The maximum atomic E-state index is 12.6. The lowest BCUT2D eigenvalue weighted by Crippen LogP contribution is -2.23. The minimum Gasteiger partial charge on any atom is -0.507 e. The lowest BCUT2D eigenvalue weighted by atomic mass is 9.80. The number of carbonyl (C=O) groups excluding carboxylic acids is 3. The van der Waals surface area contributed by atoms with Gasteiger partial charge < -0.3 is 15.3 Å². The SMILES string of the molecule is CC(=O)c1c(C)c(O)c2c(c1O)C(=O)c1c(O)cccc1C2=O. The van der Waals surface area contributed by atoms with Gasteiger partial charge in [-0.1, -0.05) is 12.1 Å². The van der Waals surface area contributed by atoms with Crippen LogP contribution in [0.15, 0.2) is 18.2 Å². The molecule has 3 N–H and O–H groups in total. The first kappa shape index (κ1) is 14.8. The molecular formula is C17H12O6. The molecule has 0 unspecified atom stereocenters. The highest BCUT2D eigenvalue weighted by Crippen LogP contribution is 2.44. The maximum absolute atomic E-state index is 12.6. The summed E-state index contributed by atoms with van der Waals surface area (Å²) in [6, 6.07) is 3.99. The molecule has 0 atom stereocenters. The second kappa shape index (κ2) is 4.67. The van der Waals surface area contributed by atoms with Crippen LogP contribution in [-0.4, -0.2) is 32.7 Å². The van der Waals surface area contributed by atoms with Gasteiger partial charge in [0.05, 0.1) is 22.3 Å². The molecular weight excluding hydrogens is 300 g/mol.